The number of rotatable bonds is 2. The number of hydrogen-bond acceptors (Lipinski definition) is 3. The van der Waals surface area contributed by atoms with E-state index in [-0.39, 0.29) is 11.8 Å². The van der Waals surface area contributed by atoms with Crippen LogP contribution in [0.4, 0.5) is 11.4 Å². The maximum absolute atomic E-state index is 12.0. The minimum Gasteiger partial charge on any atom is -0.398 e. The molecule has 5 heteroatoms. The number of nitrogen functional groups attached to an aromatic ring is 1. The van der Waals surface area contributed by atoms with E-state index in [0.717, 1.165) is 23.0 Å². The first-order valence-corrected chi connectivity index (χ1v) is 6.40. The van der Waals surface area contributed by atoms with Gasteiger partial charge < -0.3 is 15.8 Å². The molecular formula is C12H15BrN2O2. The second kappa shape index (κ2) is 5.51. The van der Waals surface area contributed by atoms with E-state index in [1.165, 1.54) is 0 Å². The molecule has 17 heavy (non-hydrogen) atoms. The molecule has 0 aliphatic carbocycles. The van der Waals surface area contributed by atoms with E-state index in [1.807, 2.05) is 6.07 Å². The van der Waals surface area contributed by atoms with Gasteiger partial charge in [0.25, 0.3) is 0 Å². The van der Waals surface area contributed by atoms with Crippen molar-refractivity contribution < 1.29 is 9.53 Å². The van der Waals surface area contributed by atoms with Gasteiger partial charge in [0.2, 0.25) is 5.91 Å². The Morgan fingerprint density at radius 3 is 2.76 bits per heavy atom. The molecule has 0 aromatic heterocycles. The van der Waals surface area contributed by atoms with Crippen molar-refractivity contribution in [1.82, 2.24) is 0 Å². The zero-order valence-corrected chi connectivity index (χ0v) is 11.0. The van der Waals surface area contributed by atoms with Gasteiger partial charge in [0.1, 0.15) is 0 Å². The highest BCUT2D eigenvalue weighted by Gasteiger charge is 2.21. The predicted molar refractivity (Wildman–Crippen MR) is 70.7 cm³/mol. The summed E-state index contributed by atoms with van der Waals surface area (Å²) >= 11 is 3.34. The second-order valence-electron chi connectivity index (χ2n) is 4.11. The Morgan fingerprint density at radius 2 is 2.12 bits per heavy atom. The minimum atomic E-state index is 0.0556. The third-order valence-corrected chi connectivity index (χ3v) is 3.55. The molecule has 0 saturated carbocycles. The molecule has 3 N–H and O–H groups in total. The zero-order chi connectivity index (χ0) is 12.3. The molecule has 0 atom stereocenters. The fourth-order valence-electron chi connectivity index (χ4n) is 1.81. The molecule has 0 radical (unpaired) electrons. The van der Waals surface area contributed by atoms with Crippen molar-refractivity contribution in [3.05, 3.63) is 22.7 Å². The first-order valence-electron chi connectivity index (χ1n) is 5.60. The molecule has 0 unspecified atom stereocenters. The number of amides is 1. The molecule has 1 aliphatic rings. The normalized spacial score (nSPS) is 16.8. The van der Waals surface area contributed by atoms with Crippen molar-refractivity contribution in [3.63, 3.8) is 0 Å². The summed E-state index contributed by atoms with van der Waals surface area (Å²) in [5, 5.41) is 2.90. The van der Waals surface area contributed by atoms with E-state index in [1.54, 1.807) is 12.1 Å². The predicted octanol–water partition coefficient (Wildman–Crippen LogP) is 2.40. The zero-order valence-electron chi connectivity index (χ0n) is 9.41. The molecule has 1 saturated heterocycles. The van der Waals surface area contributed by atoms with Crippen LogP contribution in [0.1, 0.15) is 12.8 Å². The summed E-state index contributed by atoms with van der Waals surface area (Å²) in [6.45, 7) is 1.34. The molecule has 1 aromatic carbocycles. The summed E-state index contributed by atoms with van der Waals surface area (Å²) in [6, 6.07) is 5.38. The van der Waals surface area contributed by atoms with E-state index in [2.05, 4.69) is 21.2 Å². The first-order chi connectivity index (χ1) is 8.16. The summed E-state index contributed by atoms with van der Waals surface area (Å²) in [5.41, 5.74) is 7.11. The van der Waals surface area contributed by atoms with Crippen LogP contribution in [-0.2, 0) is 9.53 Å². The molecule has 92 valence electrons. The Kier molecular flexibility index (Phi) is 4.02. The second-order valence-corrected chi connectivity index (χ2v) is 4.97. The van der Waals surface area contributed by atoms with Gasteiger partial charge in [0.05, 0.1) is 0 Å². The van der Waals surface area contributed by atoms with Gasteiger partial charge in [0.15, 0.2) is 0 Å². The van der Waals surface area contributed by atoms with Gasteiger partial charge >= 0.3 is 0 Å². The number of anilines is 2. The first kappa shape index (κ1) is 12.4. The number of ether oxygens (including phenoxy) is 1. The molecule has 4 nitrogen and oxygen atoms in total. The largest absolute Gasteiger partial charge is 0.398 e. The fourth-order valence-corrected chi connectivity index (χ4v) is 2.19. The van der Waals surface area contributed by atoms with Crippen LogP contribution < -0.4 is 11.1 Å². The van der Waals surface area contributed by atoms with Gasteiger partial charge in [-0.1, -0.05) is 0 Å². The molecule has 2 rings (SSSR count). The third-order valence-electron chi connectivity index (χ3n) is 2.86. The van der Waals surface area contributed by atoms with Gasteiger partial charge in [-0.15, -0.1) is 0 Å². The summed E-state index contributed by atoms with van der Waals surface area (Å²) in [4.78, 5) is 12.0. The van der Waals surface area contributed by atoms with Gasteiger partial charge in [-0.25, -0.2) is 0 Å². The van der Waals surface area contributed by atoms with Crippen molar-refractivity contribution in [2.45, 2.75) is 12.8 Å². The minimum absolute atomic E-state index is 0.0556. The van der Waals surface area contributed by atoms with Gasteiger partial charge in [-0.2, -0.15) is 0 Å². The van der Waals surface area contributed by atoms with E-state index in [9.17, 15) is 4.79 Å². The van der Waals surface area contributed by atoms with Crippen LogP contribution in [0, 0.1) is 5.92 Å². The Balaban J connectivity index is 1.99. The van der Waals surface area contributed by atoms with Crippen molar-refractivity contribution >= 4 is 33.2 Å². The van der Waals surface area contributed by atoms with Crippen molar-refractivity contribution in [1.29, 1.82) is 0 Å². The Bertz CT molecular complexity index is 417. The number of nitrogens with two attached hydrogens (primary N) is 1. The van der Waals surface area contributed by atoms with E-state index < -0.39 is 0 Å². The van der Waals surface area contributed by atoms with Gasteiger partial charge in [-0.3, -0.25) is 4.79 Å². The maximum Gasteiger partial charge on any atom is 0.227 e. The van der Waals surface area contributed by atoms with Gasteiger partial charge in [0, 0.05) is 35.0 Å². The van der Waals surface area contributed by atoms with Crippen molar-refractivity contribution in [3.8, 4) is 0 Å². The summed E-state index contributed by atoms with van der Waals surface area (Å²) in [5.74, 6) is 0.116. The van der Waals surface area contributed by atoms with Crippen LogP contribution in [0.15, 0.2) is 22.7 Å². The average Bonchev–Trinajstić information content (AvgIpc) is 2.35. The number of nitrogens with one attached hydrogen (secondary N) is 1. The highest BCUT2D eigenvalue weighted by atomic mass is 79.9. The standard InChI is InChI=1S/C12H15BrN2O2/c13-10-7-9(1-2-11(10)14)15-12(16)8-3-5-17-6-4-8/h1-2,7-8H,3-6,14H2,(H,15,16). The highest BCUT2D eigenvalue weighted by molar-refractivity contribution is 9.10. The number of hydrogen-bond donors (Lipinski definition) is 2. The molecular weight excluding hydrogens is 284 g/mol. The number of benzene rings is 1. The van der Waals surface area contributed by atoms with Crippen LogP contribution in [0.5, 0.6) is 0 Å². The summed E-state index contributed by atoms with van der Waals surface area (Å²) in [6.07, 6.45) is 1.59. The molecule has 0 bridgehead atoms. The number of carbonyl (C=O) groups is 1. The lowest BCUT2D eigenvalue weighted by Gasteiger charge is -2.21. The quantitative estimate of drug-likeness (QED) is 0.824. The lowest BCUT2D eigenvalue weighted by molar-refractivity contribution is -0.122. The molecule has 1 aromatic rings. The summed E-state index contributed by atoms with van der Waals surface area (Å²) < 4.78 is 6.02. The van der Waals surface area contributed by atoms with Crippen LogP contribution in [0.3, 0.4) is 0 Å². The molecule has 1 fully saturated rings. The lowest BCUT2D eigenvalue weighted by atomic mass is 9.99. The highest BCUT2D eigenvalue weighted by Crippen LogP contribution is 2.24. The molecule has 1 amide bonds. The van der Waals surface area contributed by atoms with Crippen LogP contribution in [0.25, 0.3) is 0 Å². The van der Waals surface area contributed by atoms with Crippen LogP contribution in [0.2, 0.25) is 0 Å². The molecule has 0 spiro atoms. The number of halogens is 1. The van der Waals surface area contributed by atoms with Crippen molar-refractivity contribution in [2.75, 3.05) is 24.3 Å². The molecule has 1 heterocycles. The van der Waals surface area contributed by atoms with Crippen molar-refractivity contribution in [2.24, 2.45) is 5.92 Å². The third kappa shape index (κ3) is 3.20. The Labute approximate surface area is 109 Å². The van der Waals surface area contributed by atoms with Crippen LogP contribution in [-0.4, -0.2) is 19.1 Å². The monoisotopic (exact) mass is 298 g/mol. The lowest BCUT2D eigenvalue weighted by Crippen LogP contribution is -2.28. The SMILES string of the molecule is Nc1ccc(NC(=O)C2CCOCC2)cc1Br. The van der Waals surface area contributed by atoms with E-state index in [0.29, 0.717) is 18.9 Å². The maximum atomic E-state index is 12.0. The smallest absolute Gasteiger partial charge is 0.227 e. The number of carbonyl (C=O) groups excluding carboxylic acids is 1. The van der Waals surface area contributed by atoms with E-state index in [4.69, 9.17) is 10.5 Å². The van der Waals surface area contributed by atoms with Crippen LogP contribution >= 0.6 is 15.9 Å². The molecule has 1 aliphatic heterocycles. The summed E-state index contributed by atoms with van der Waals surface area (Å²) in [7, 11) is 0. The Hall–Kier alpha value is -1.07. The van der Waals surface area contributed by atoms with E-state index >= 15 is 0 Å². The topological polar surface area (TPSA) is 64.3 Å². The fraction of sp³-hybridized carbons (Fsp3) is 0.417. The average molecular weight is 299 g/mol. The Morgan fingerprint density at radius 1 is 1.41 bits per heavy atom. The van der Waals surface area contributed by atoms with Gasteiger partial charge in [-0.05, 0) is 47.0 Å².